The molecule has 2 aliphatic heterocycles. The highest BCUT2D eigenvalue weighted by Gasteiger charge is 2.54. The second kappa shape index (κ2) is 10.7. The van der Waals surface area contributed by atoms with Crippen molar-refractivity contribution >= 4 is 17.7 Å². The minimum absolute atomic E-state index is 0.0365. The molecule has 1 atom stereocenters. The monoisotopic (exact) mass is 497 g/mol. The van der Waals surface area contributed by atoms with Gasteiger partial charge in [-0.3, -0.25) is 19.3 Å². The molecule has 0 saturated carbocycles. The first-order valence-electron chi connectivity index (χ1n) is 12.2. The molecular formula is C27H32FN3O5. The van der Waals surface area contributed by atoms with Crippen LogP contribution in [0.4, 0.5) is 4.39 Å². The first-order chi connectivity index (χ1) is 17.2. The maximum atomic E-state index is 13.9. The number of piperidine rings is 1. The summed E-state index contributed by atoms with van der Waals surface area (Å²) in [5.41, 5.74) is -0.401. The average molecular weight is 498 g/mol. The van der Waals surface area contributed by atoms with Crippen molar-refractivity contribution in [1.29, 1.82) is 0 Å². The molecule has 1 spiro atoms. The van der Waals surface area contributed by atoms with Gasteiger partial charge in [-0.05, 0) is 42.3 Å². The predicted molar refractivity (Wildman–Crippen MR) is 131 cm³/mol. The van der Waals surface area contributed by atoms with Gasteiger partial charge in [-0.25, -0.2) is 4.39 Å². The number of hydrogen-bond acceptors (Lipinski definition) is 5. The number of halogens is 1. The standard InChI is InChI=1S/C27H32FN3O5/c1-18(2)16-29-24(32)23-17-36-27(31(23)26(34)19-6-4-8-21(28)14-19)10-12-30(13-11-27)25(33)20-7-5-9-22(15-20)35-3/h4-9,14-15,18,23H,10-13,16-17H2,1-3H3,(H,29,32)/t23-/m0/s1. The van der Waals surface area contributed by atoms with Crippen LogP contribution >= 0.6 is 0 Å². The first kappa shape index (κ1) is 25.6. The molecule has 2 aromatic carbocycles. The van der Waals surface area contributed by atoms with Gasteiger partial charge >= 0.3 is 0 Å². The van der Waals surface area contributed by atoms with Gasteiger partial charge in [0.05, 0.1) is 13.7 Å². The summed E-state index contributed by atoms with van der Waals surface area (Å²) in [5, 5.41) is 2.89. The van der Waals surface area contributed by atoms with Crippen molar-refractivity contribution in [1.82, 2.24) is 15.1 Å². The van der Waals surface area contributed by atoms with Crippen molar-refractivity contribution < 1.29 is 28.2 Å². The van der Waals surface area contributed by atoms with Crippen LogP contribution in [0.3, 0.4) is 0 Å². The van der Waals surface area contributed by atoms with Crippen LogP contribution in [0.2, 0.25) is 0 Å². The minimum atomic E-state index is -1.06. The molecule has 2 aromatic rings. The number of methoxy groups -OCH3 is 1. The highest BCUT2D eigenvalue weighted by Crippen LogP contribution is 2.39. The molecule has 1 N–H and O–H groups in total. The Balaban J connectivity index is 1.56. The van der Waals surface area contributed by atoms with Crippen LogP contribution in [-0.4, -0.2) is 72.6 Å². The maximum absolute atomic E-state index is 13.9. The van der Waals surface area contributed by atoms with Crippen molar-refractivity contribution in [3.63, 3.8) is 0 Å². The third-order valence-corrected chi connectivity index (χ3v) is 6.69. The number of nitrogens with zero attached hydrogens (tertiary/aromatic N) is 2. The fourth-order valence-corrected chi connectivity index (χ4v) is 4.75. The van der Waals surface area contributed by atoms with E-state index in [9.17, 15) is 18.8 Å². The molecule has 0 bridgehead atoms. The lowest BCUT2D eigenvalue weighted by molar-refractivity contribution is -0.128. The van der Waals surface area contributed by atoms with Crippen LogP contribution in [0.5, 0.6) is 5.75 Å². The SMILES string of the molecule is COc1cccc(C(=O)N2CCC3(CC2)OC[C@@H](C(=O)NCC(C)C)N3C(=O)c2cccc(F)c2)c1. The van der Waals surface area contributed by atoms with Crippen LogP contribution in [0.1, 0.15) is 47.4 Å². The Morgan fingerprint density at radius 3 is 2.39 bits per heavy atom. The number of amides is 3. The van der Waals surface area contributed by atoms with Crippen LogP contribution < -0.4 is 10.1 Å². The van der Waals surface area contributed by atoms with Gasteiger partial charge in [-0.2, -0.15) is 0 Å². The number of nitrogens with one attached hydrogen (secondary N) is 1. The molecule has 192 valence electrons. The van der Waals surface area contributed by atoms with Crippen LogP contribution in [0.25, 0.3) is 0 Å². The Bertz CT molecular complexity index is 1130. The second-order valence-electron chi connectivity index (χ2n) is 9.62. The minimum Gasteiger partial charge on any atom is -0.497 e. The maximum Gasteiger partial charge on any atom is 0.256 e. The molecule has 8 nitrogen and oxygen atoms in total. The molecule has 0 aliphatic carbocycles. The lowest BCUT2D eigenvalue weighted by Gasteiger charge is -2.44. The van der Waals surface area contributed by atoms with Gasteiger partial charge in [0, 0.05) is 43.6 Å². The fraction of sp³-hybridized carbons (Fsp3) is 0.444. The summed E-state index contributed by atoms with van der Waals surface area (Å²) in [7, 11) is 1.55. The molecule has 4 rings (SSSR count). The van der Waals surface area contributed by atoms with Gasteiger partial charge in [-0.1, -0.05) is 26.0 Å². The van der Waals surface area contributed by atoms with Crippen molar-refractivity contribution in [3.8, 4) is 5.75 Å². The van der Waals surface area contributed by atoms with E-state index in [0.29, 0.717) is 43.8 Å². The van der Waals surface area contributed by atoms with E-state index in [4.69, 9.17) is 9.47 Å². The van der Waals surface area contributed by atoms with E-state index in [1.165, 1.54) is 29.2 Å². The normalized spacial score (nSPS) is 19.0. The summed E-state index contributed by atoms with van der Waals surface area (Å²) in [6, 6.07) is 11.5. The van der Waals surface area contributed by atoms with E-state index in [2.05, 4.69) is 5.32 Å². The number of likely N-dealkylation sites (tertiary alicyclic amines) is 1. The Labute approximate surface area is 210 Å². The van der Waals surface area contributed by atoms with Gasteiger partial charge in [-0.15, -0.1) is 0 Å². The third-order valence-electron chi connectivity index (χ3n) is 6.69. The zero-order chi connectivity index (χ0) is 25.9. The van der Waals surface area contributed by atoms with Gasteiger partial charge in [0.15, 0.2) is 0 Å². The van der Waals surface area contributed by atoms with Crippen LogP contribution in [-0.2, 0) is 9.53 Å². The molecule has 36 heavy (non-hydrogen) atoms. The van der Waals surface area contributed by atoms with E-state index in [1.807, 2.05) is 13.8 Å². The molecular weight excluding hydrogens is 465 g/mol. The Morgan fingerprint density at radius 2 is 1.75 bits per heavy atom. The van der Waals surface area contributed by atoms with E-state index in [0.717, 1.165) is 0 Å². The van der Waals surface area contributed by atoms with E-state index in [-0.39, 0.29) is 29.9 Å². The largest absolute Gasteiger partial charge is 0.497 e. The number of ether oxygens (including phenoxy) is 2. The van der Waals surface area contributed by atoms with Gasteiger partial charge in [0.2, 0.25) is 5.91 Å². The summed E-state index contributed by atoms with van der Waals surface area (Å²) < 4.78 is 25.3. The van der Waals surface area contributed by atoms with E-state index < -0.39 is 23.5 Å². The van der Waals surface area contributed by atoms with Crippen molar-refractivity contribution in [2.75, 3.05) is 33.4 Å². The molecule has 0 radical (unpaired) electrons. The molecule has 2 saturated heterocycles. The zero-order valence-electron chi connectivity index (χ0n) is 20.8. The molecule has 0 unspecified atom stereocenters. The Kier molecular flexibility index (Phi) is 7.59. The molecule has 9 heteroatoms. The molecule has 2 aliphatic rings. The predicted octanol–water partition coefficient (Wildman–Crippen LogP) is 3.08. The number of benzene rings is 2. The molecule has 0 aromatic heterocycles. The van der Waals surface area contributed by atoms with Gasteiger partial charge in [0.25, 0.3) is 11.8 Å². The third kappa shape index (κ3) is 5.21. The zero-order valence-corrected chi connectivity index (χ0v) is 20.8. The topological polar surface area (TPSA) is 88.2 Å². The number of carbonyl (C=O) groups is 3. The van der Waals surface area contributed by atoms with Gasteiger partial charge in [0.1, 0.15) is 23.3 Å². The lowest BCUT2D eigenvalue weighted by atomic mass is 9.96. The fourth-order valence-electron chi connectivity index (χ4n) is 4.75. The average Bonchev–Trinajstić information content (AvgIpc) is 3.25. The summed E-state index contributed by atoms with van der Waals surface area (Å²) in [6.45, 7) is 5.14. The van der Waals surface area contributed by atoms with Crippen molar-refractivity contribution in [3.05, 3.63) is 65.5 Å². The number of hydrogen-bond donors (Lipinski definition) is 1. The summed E-state index contributed by atoms with van der Waals surface area (Å²) in [5.74, 6) is -0.617. The van der Waals surface area contributed by atoms with E-state index >= 15 is 0 Å². The second-order valence-corrected chi connectivity index (χ2v) is 9.62. The number of rotatable bonds is 6. The summed E-state index contributed by atoms with van der Waals surface area (Å²) >= 11 is 0. The van der Waals surface area contributed by atoms with Crippen molar-refractivity contribution in [2.45, 2.75) is 38.5 Å². The Morgan fingerprint density at radius 1 is 1.08 bits per heavy atom. The number of carbonyl (C=O) groups excluding carboxylic acids is 3. The highest BCUT2D eigenvalue weighted by atomic mass is 19.1. The Hall–Kier alpha value is -3.46. The van der Waals surface area contributed by atoms with E-state index in [1.54, 1.807) is 36.3 Å². The quantitative estimate of drug-likeness (QED) is 0.663. The highest BCUT2D eigenvalue weighted by molar-refractivity contribution is 5.98. The van der Waals surface area contributed by atoms with Crippen molar-refractivity contribution in [2.24, 2.45) is 5.92 Å². The van der Waals surface area contributed by atoms with Crippen LogP contribution in [0, 0.1) is 11.7 Å². The smallest absolute Gasteiger partial charge is 0.256 e. The molecule has 2 heterocycles. The molecule has 2 fully saturated rings. The summed E-state index contributed by atoms with van der Waals surface area (Å²) in [6.07, 6.45) is 0.662. The lowest BCUT2D eigenvalue weighted by Crippen LogP contribution is -2.60. The van der Waals surface area contributed by atoms with Crippen LogP contribution in [0.15, 0.2) is 48.5 Å². The molecule has 3 amide bonds. The summed E-state index contributed by atoms with van der Waals surface area (Å²) in [4.78, 5) is 43.0. The van der Waals surface area contributed by atoms with Gasteiger partial charge < -0.3 is 19.7 Å². The first-order valence-corrected chi connectivity index (χ1v) is 12.2.